The number of carbonyl (C=O) groups is 3. The number of nitrogens with one attached hydrogen (secondary N) is 1. The minimum Gasteiger partial charge on any atom is -0.497 e. The molecule has 0 spiro atoms. The summed E-state index contributed by atoms with van der Waals surface area (Å²) >= 11 is 0. The van der Waals surface area contributed by atoms with Crippen LogP contribution in [-0.2, 0) is 19.1 Å². The van der Waals surface area contributed by atoms with Gasteiger partial charge in [-0.1, -0.05) is 0 Å². The van der Waals surface area contributed by atoms with Gasteiger partial charge in [-0.3, -0.25) is 24.5 Å². The lowest BCUT2D eigenvalue weighted by Crippen LogP contribution is -2.28. The van der Waals surface area contributed by atoms with Crippen LogP contribution in [0.3, 0.4) is 0 Å². The number of hydrogen-bond donors (Lipinski definition) is 1. The Morgan fingerprint density at radius 1 is 0.949 bits per heavy atom. The molecule has 4 rings (SSSR count). The van der Waals surface area contributed by atoms with Crippen molar-refractivity contribution in [2.24, 2.45) is 5.92 Å². The summed E-state index contributed by atoms with van der Waals surface area (Å²) in [6, 6.07) is 17.8. The van der Waals surface area contributed by atoms with Gasteiger partial charge in [-0.05, 0) is 54.6 Å². The first-order chi connectivity index (χ1) is 18.8. The number of rotatable bonds is 10. The summed E-state index contributed by atoms with van der Waals surface area (Å²) in [7, 11) is 2.96. The molecule has 1 heterocycles. The summed E-state index contributed by atoms with van der Waals surface area (Å²) in [4.78, 5) is 49.5. The second-order valence-electron chi connectivity index (χ2n) is 8.47. The molecule has 3 aromatic carbocycles. The molecule has 12 heteroatoms. The average molecular weight is 536 g/mol. The zero-order valence-corrected chi connectivity index (χ0v) is 21.1. The molecule has 0 radical (unpaired) electrons. The highest BCUT2D eigenvalue weighted by Crippen LogP contribution is 2.31. The fraction of sp³-hybridized carbons (Fsp3) is 0.222. The smallest absolute Gasteiger partial charge is 0.311 e. The maximum Gasteiger partial charge on any atom is 0.311 e. The number of anilines is 2. The van der Waals surface area contributed by atoms with E-state index in [-0.39, 0.29) is 30.2 Å². The number of nitro benzene ring substituents is 1. The maximum absolute atomic E-state index is 12.6. The van der Waals surface area contributed by atoms with E-state index in [1.54, 1.807) is 55.6 Å². The van der Waals surface area contributed by atoms with Crippen molar-refractivity contribution in [1.29, 1.82) is 0 Å². The van der Waals surface area contributed by atoms with E-state index in [2.05, 4.69) is 5.32 Å². The number of carbonyl (C=O) groups excluding carboxylic acids is 3. The predicted molar refractivity (Wildman–Crippen MR) is 139 cm³/mol. The van der Waals surface area contributed by atoms with Crippen molar-refractivity contribution >= 4 is 34.8 Å². The summed E-state index contributed by atoms with van der Waals surface area (Å²) in [6.07, 6.45) is -0.0775. The Kier molecular flexibility index (Phi) is 8.24. The quantitative estimate of drug-likeness (QED) is 0.232. The molecule has 3 aromatic rings. The minimum absolute atomic E-state index is 0.0775. The molecule has 0 saturated carbocycles. The molecule has 12 nitrogen and oxygen atoms in total. The van der Waals surface area contributed by atoms with Crippen LogP contribution in [0.1, 0.15) is 6.42 Å². The van der Waals surface area contributed by atoms with Crippen LogP contribution in [0.2, 0.25) is 0 Å². The van der Waals surface area contributed by atoms with Gasteiger partial charge < -0.3 is 29.2 Å². The molecule has 1 saturated heterocycles. The van der Waals surface area contributed by atoms with E-state index in [4.69, 9.17) is 18.9 Å². The zero-order valence-electron chi connectivity index (χ0n) is 21.1. The number of ether oxygens (including phenoxy) is 4. The van der Waals surface area contributed by atoms with Crippen LogP contribution < -0.4 is 24.4 Å². The Morgan fingerprint density at radius 2 is 1.54 bits per heavy atom. The third-order valence-electron chi connectivity index (χ3n) is 5.92. The van der Waals surface area contributed by atoms with E-state index < -0.39 is 29.3 Å². The third-order valence-corrected chi connectivity index (χ3v) is 5.92. The zero-order chi connectivity index (χ0) is 27.9. The Bertz CT molecular complexity index is 1370. The molecule has 0 aromatic heterocycles. The van der Waals surface area contributed by atoms with Crippen LogP contribution in [0.5, 0.6) is 23.0 Å². The van der Waals surface area contributed by atoms with Crippen LogP contribution in [0.25, 0.3) is 0 Å². The highest BCUT2D eigenvalue weighted by molar-refractivity contribution is 6.00. The van der Waals surface area contributed by atoms with Gasteiger partial charge in [0.2, 0.25) is 5.91 Å². The summed E-state index contributed by atoms with van der Waals surface area (Å²) in [6.45, 7) is -0.589. The predicted octanol–water partition coefficient (Wildman–Crippen LogP) is 3.94. The van der Waals surface area contributed by atoms with Crippen molar-refractivity contribution in [3.63, 3.8) is 0 Å². The number of esters is 1. The van der Waals surface area contributed by atoms with Crippen molar-refractivity contribution < 1.29 is 38.3 Å². The molecule has 2 amide bonds. The fourth-order valence-corrected chi connectivity index (χ4v) is 3.93. The van der Waals surface area contributed by atoms with Gasteiger partial charge in [0.1, 0.15) is 28.7 Å². The first-order valence-corrected chi connectivity index (χ1v) is 11.8. The highest BCUT2D eigenvalue weighted by atomic mass is 16.6. The number of methoxy groups -OCH3 is 2. The first kappa shape index (κ1) is 26.9. The molecular weight excluding hydrogens is 510 g/mol. The summed E-state index contributed by atoms with van der Waals surface area (Å²) < 4.78 is 21.0. The molecule has 0 aliphatic carbocycles. The molecule has 1 fully saturated rings. The van der Waals surface area contributed by atoms with Gasteiger partial charge in [0.15, 0.2) is 6.61 Å². The van der Waals surface area contributed by atoms with Gasteiger partial charge in [-0.2, -0.15) is 0 Å². The van der Waals surface area contributed by atoms with Gasteiger partial charge in [0.25, 0.3) is 11.6 Å². The van der Waals surface area contributed by atoms with E-state index >= 15 is 0 Å². The topological polar surface area (TPSA) is 147 Å². The van der Waals surface area contributed by atoms with Crippen molar-refractivity contribution in [3.05, 3.63) is 76.8 Å². The molecule has 202 valence electrons. The van der Waals surface area contributed by atoms with E-state index in [0.717, 1.165) is 0 Å². The minimum atomic E-state index is -0.772. The molecule has 0 unspecified atom stereocenters. The van der Waals surface area contributed by atoms with Crippen LogP contribution >= 0.6 is 0 Å². The molecule has 1 atom stereocenters. The third kappa shape index (κ3) is 6.60. The molecule has 1 aliphatic rings. The standard InChI is InChI=1S/C27H25N3O9/c1-36-19-7-9-21(10-8-19)39-20-5-3-18(4-6-20)29-15-17(13-26(29)32)27(33)38-16-25(31)28-23-14-22(37-2)11-12-24(23)30(34)35/h3-12,14,17H,13,15-16H2,1-2H3,(H,28,31)/t17-/m1/s1. The largest absolute Gasteiger partial charge is 0.497 e. The number of benzene rings is 3. The average Bonchev–Trinajstić information content (AvgIpc) is 3.34. The fourth-order valence-electron chi connectivity index (χ4n) is 3.93. The highest BCUT2D eigenvalue weighted by Gasteiger charge is 2.36. The summed E-state index contributed by atoms with van der Waals surface area (Å²) in [5.74, 6) is -0.335. The van der Waals surface area contributed by atoms with Crippen LogP contribution in [-0.4, -0.2) is 50.1 Å². The van der Waals surface area contributed by atoms with E-state index in [1.165, 1.54) is 30.2 Å². The normalized spacial score (nSPS) is 14.5. The Morgan fingerprint density at radius 3 is 2.15 bits per heavy atom. The number of nitrogens with zero attached hydrogens (tertiary/aromatic N) is 2. The molecule has 0 bridgehead atoms. The van der Waals surface area contributed by atoms with Crippen molar-refractivity contribution in [3.8, 4) is 23.0 Å². The van der Waals surface area contributed by atoms with E-state index in [0.29, 0.717) is 28.7 Å². The molecule has 1 aliphatic heterocycles. The lowest BCUT2D eigenvalue weighted by atomic mass is 10.1. The molecule has 39 heavy (non-hydrogen) atoms. The van der Waals surface area contributed by atoms with Crippen LogP contribution in [0.4, 0.5) is 17.1 Å². The molecular formula is C27H25N3O9. The first-order valence-electron chi connectivity index (χ1n) is 11.8. The summed E-state index contributed by atoms with van der Waals surface area (Å²) in [5.41, 5.74) is 0.149. The van der Waals surface area contributed by atoms with Crippen LogP contribution in [0, 0.1) is 16.0 Å². The monoisotopic (exact) mass is 535 g/mol. The second kappa shape index (κ2) is 11.9. The van der Waals surface area contributed by atoms with E-state index in [9.17, 15) is 24.5 Å². The Hall–Kier alpha value is -5.13. The number of amides is 2. The second-order valence-corrected chi connectivity index (χ2v) is 8.47. The Balaban J connectivity index is 1.31. The van der Waals surface area contributed by atoms with Gasteiger partial charge >= 0.3 is 5.97 Å². The lowest BCUT2D eigenvalue weighted by molar-refractivity contribution is -0.383. The van der Waals surface area contributed by atoms with Gasteiger partial charge in [-0.25, -0.2) is 0 Å². The van der Waals surface area contributed by atoms with E-state index in [1.807, 2.05) is 0 Å². The van der Waals surface area contributed by atoms with Gasteiger partial charge in [-0.15, -0.1) is 0 Å². The van der Waals surface area contributed by atoms with Crippen molar-refractivity contribution in [2.75, 3.05) is 37.6 Å². The van der Waals surface area contributed by atoms with Crippen molar-refractivity contribution in [2.45, 2.75) is 6.42 Å². The summed E-state index contributed by atoms with van der Waals surface area (Å²) in [5, 5.41) is 13.6. The van der Waals surface area contributed by atoms with Crippen molar-refractivity contribution in [1.82, 2.24) is 0 Å². The van der Waals surface area contributed by atoms with Gasteiger partial charge in [0, 0.05) is 30.8 Å². The number of nitro groups is 1. The lowest BCUT2D eigenvalue weighted by Gasteiger charge is -2.17. The number of hydrogen-bond acceptors (Lipinski definition) is 9. The van der Waals surface area contributed by atoms with Crippen LogP contribution in [0.15, 0.2) is 66.7 Å². The van der Waals surface area contributed by atoms with Gasteiger partial charge in [0.05, 0.1) is 25.1 Å². The maximum atomic E-state index is 12.6. The Labute approximate surface area is 223 Å². The molecule has 1 N–H and O–H groups in total. The SMILES string of the molecule is COc1ccc(Oc2ccc(N3C[C@H](C(=O)OCC(=O)Nc4cc(OC)ccc4[N+](=O)[O-])CC3=O)cc2)cc1.